The van der Waals surface area contributed by atoms with Crippen molar-refractivity contribution >= 4 is 17.0 Å². The molecule has 0 N–H and O–H groups in total. The van der Waals surface area contributed by atoms with E-state index in [1.54, 1.807) is 0 Å². The Bertz CT molecular complexity index is 701. The number of nitrogens with zero attached hydrogens (tertiary/aromatic N) is 3. The third kappa shape index (κ3) is 3.42. The van der Waals surface area contributed by atoms with Crippen LogP contribution in [0.25, 0.3) is 11.0 Å². The number of esters is 1. The summed E-state index contributed by atoms with van der Waals surface area (Å²) in [6.45, 7) is 7.30. The van der Waals surface area contributed by atoms with E-state index in [2.05, 4.69) is 22.1 Å². The largest absolute Gasteiger partial charge is 1.00 e. The number of halogens is 1. The van der Waals surface area contributed by atoms with Crippen LogP contribution in [0.2, 0.25) is 0 Å². The number of rotatable bonds is 4. The van der Waals surface area contributed by atoms with Crippen LogP contribution in [0.15, 0.2) is 18.2 Å². The molecule has 2 aromatic rings. The molecule has 0 atom stereocenters. The van der Waals surface area contributed by atoms with Crippen LogP contribution in [-0.2, 0) is 22.6 Å². The molecule has 0 unspecified atom stereocenters. The molecule has 5 nitrogen and oxygen atoms in total. The summed E-state index contributed by atoms with van der Waals surface area (Å²) in [6.07, 6.45) is 0. The van der Waals surface area contributed by atoms with Crippen LogP contribution in [0, 0.1) is 18.3 Å². The molecule has 0 radical (unpaired) electrons. The summed E-state index contributed by atoms with van der Waals surface area (Å²) >= 11 is 0. The van der Waals surface area contributed by atoms with Crippen LogP contribution >= 0.6 is 0 Å². The number of aryl methyl sites for hydroxylation is 1. The molecule has 1 heterocycles. The Morgan fingerprint density at radius 2 is 2.19 bits per heavy atom. The molecule has 0 spiro atoms. The number of hydrogen-bond acceptors (Lipinski definition) is 3. The van der Waals surface area contributed by atoms with Gasteiger partial charge in [-0.2, -0.15) is 5.26 Å². The first-order valence-electron chi connectivity index (χ1n) is 6.64. The van der Waals surface area contributed by atoms with Crippen LogP contribution in [0.5, 0.6) is 0 Å². The maximum atomic E-state index is 10.9. The van der Waals surface area contributed by atoms with Crippen molar-refractivity contribution in [2.45, 2.75) is 33.9 Å². The zero-order valence-corrected chi connectivity index (χ0v) is 14.0. The molecule has 0 aliphatic heterocycles. The van der Waals surface area contributed by atoms with Gasteiger partial charge in [-0.1, -0.05) is 0 Å². The molecule has 21 heavy (non-hydrogen) atoms. The molecule has 1 aromatic heterocycles. The molecule has 0 bridgehead atoms. The predicted octanol–water partition coefficient (Wildman–Crippen LogP) is -1.30. The molecule has 6 heteroatoms. The fraction of sp³-hybridized carbons (Fsp3) is 0.400. The monoisotopic (exact) mass is 351 g/mol. The van der Waals surface area contributed by atoms with E-state index in [1.165, 1.54) is 6.92 Å². The van der Waals surface area contributed by atoms with Gasteiger partial charge in [0.1, 0.15) is 13.2 Å². The van der Waals surface area contributed by atoms with E-state index in [0.29, 0.717) is 18.7 Å². The van der Waals surface area contributed by atoms with Gasteiger partial charge in [-0.3, -0.25) is 4.79 Å². The lowest BCUT2D eigenvalue weighted by Gasteiger charge is -2.01. The fourth-order valence-electron chi connectivity index (χ4n) is 2.49. The highest BCUT2D eigenvalue weighted by Gasteiger charge is 2.20. The van der Waals surface area contributed by atoms with E-state index in [9.17, 15) is 4.79 Å². The van der Waals surface area contributed by atoms with Gasteiger partial charge < -0.3 is 21.7 Å². The highest BCUT2D eigenvalue weighted by atomic mass is 79.9. The molecule has 112 valence electrons. The molecule has 1 aromatic carbocycles. The number of benzene rings is 1. The van der Waals surface area contributed by atoms with Crippen molar-refractivity contribution in [3.63, 3.8) is 0 Å². The van der Waals surface area contributed by atoms with Gasteiger partial charge in [0.2, 0.25) is 0 Å². The topological polar surface area (TPSA) is 58.9 Å². The molecule has 0 aliphatic rings. The third-order valence-corrected chi connectivity index (χ3v) is 3.40. The Hall–Kier alpha value is -1.87. The van der Waals surface area contributed by atoms with Crippen LogP contribution in [0.1, 0.15) is 25.2 Å². The normalized spacial score (nSPS) is 10.0. The molecule has 0 aliphatic carbocycles. The van der Waals surface area contributed by atoms with Crippen LogP contribution in [0.4, 0.5) is 0 Å². The first kappa shape index (κ1) is 17.2. The highest BCUT2D eigenvalue weighted by molar-refractivity contribution is 5.74. The lowest BCUT2D eigenvalue weighted by Crippen LogP contribution is -3.00. The van der Waals surface area contributed by atoms with E-state index < -0.39 is 0 Å². The Morgan fingerprint density at radius 1 is 1.48 bits per heavy atom. The molecule has 0 saturated heterocycles. The van der Waals surface area contributed by atoms with Gasteiger partial charge >= 0.3 is 5.97 Å². The molecular weight excluding hydrogens is 334 g/mol. The van der Waals surface area contributed by atoms with Gasteiger partial charge in [0.25, 0.3) is 5.82 Å². The zero-order valence-electron chi connectivity index (χ0n) is 12.4. The number of hydrogen-bond donors (Lipinski definition) is 0. The second kappa shape index (κ2) is 7.23. The van der Waals surface area contributed by atoms with Crippen molar-refractivity contribution < 1.29 is 31.1 Å². The van der Waals surface area contributed by atoms with Gasteiger partial charge in [-0.25, -0.2) is 9.13 Å². The second-order valence-corrected chi connectivity index (χ2v) is 4.60. The Morgan fingerprint density at radius 3 is 2.76 bits per heavy atom. The molecular formula is C15H18BrN3O2. The summed E-state index contributed by atoms with van der Waals surface area (Å²) < 4.78 is 9.29. The summed E-state index contributed by atoms with van der Waals surface area (Å²) in [5.74, 6) is 0.810. The first-order chi connectivity index (χ1) is 9.58. The van der Waals surface area contributed by atoms with Gasteiger partial charge in [-0.05, 0) is 19.1 Å². The second-order valence-electron chi connectivity index (χ2n) is 4.60. The first-order valence-corrected chi connectivity index (χ1v) is 6.64. The van der Waals surface area contributed by atoms with Crippen LogP contribution in [0.3, 0.4) is 0 Å². The summed E-state index contributed by atoms with van der Waals surface area (Å²) in [6, 6.07) is 7.83. The SMILES string of the molecule is CC[n+]1c(C)n(CCOC(C)=O)c2cc(C#N)ccc21.[Br-]. The quantitative estimate of drug-likeness (QED) is 0.508. The molecule has 0 fully saturated rings. The zero-order chi connectivity index (χ0) is 14.7. The van der Waals surface area contributed by atoms with Gasteiger partial charge in [0, 0.05) is 19.9 Å². The molecule has 0 amide bonds. The number of ether oxygens (including phenoxy) is 1. The minimum Gasteiger partial charge on any atom is -1.00 e. The van der Waals surface area contributed by atoms with E-state index in [4.69, 9.17) is 10.00 Å². The maximum absolute atomic E-state index is 10.9. The Kier molecular flexibility index (Phi) is 5.91. The van der Waals surface area contributed by atoms with E-state index >= 15 is 0 Å². The lowest BCUT2D eigenvalue weighted by atomic mass is 10.2. The van der Waals surface area contributed by atoms with Crippen molar-refractivity contribution in [3.05, 3.63) is 29.6 Å². The predicted molar refractivity (Wildman–Crippen MR) is 73.9 cm³/mol. The number of fused-ring (bicyclic) bond motifs is 1. The third-order valence-electron chi connectivity index (χ3n) is 3.40. The number of aromatic nitrogens is 2. The summed E-state index contributed by atoms with van der Waals surface area (Å²) in [7, 11) is 0. The Balaban J connectivity index is 0.00000220. The molecule has 2 rings (SSSR count). The summed E-state index contributed by atoms with van der Waals surface area (Å²) in [4.78, 5) is 10.9. The summed E-state index contributed by atoms with van der Waals surface area (Å²) in [5, 5.41) is 9.03. The van der Waals surface area contributed by atoms with Crippen LogP contribution in [-0.4, -0.2) is 17.1 Å². The average Bonchev–Trinajstić information content (AvgIpc) is 2.70. The standard InChI is InChI=1S/C15H18N3O2.BrH/c1-4-17-11(2)18(7-8-20-12(3)19)15-9-13(10-16)5-6-14(15)17;/h5-6,9H,4,7-8H2,1-3H3;1H/q+1;/p-1. The van der Waals surface area contributed by atoms with E-state index in [1.807, 2.05) is 25.1 Å². The van der Waals surface area contributed by atoms with E-state index in [-0.39, 0.29) is 23.0 Å². The van der Waals surface area contributed by atoms with Crippen LogP contribution < -0.4 is 21.5 Å². The van der Waals surface area contributed by atoms with Crippen molar-refractivity contribution in [1.82, 2.24) is 4.57 Å². The van der Waals surface area contributed by atoms with Crippen molar-refractivity contribution in [1.29, 1.82) is 5.26 Å². The van der Waals surface area contributed by atoms with Crippen molar-refractivity contribution in [2.24, 2.45) is 0 Å². The van der Waals surface area contributed by atoms with Crippen molar-refractivity contribution in [3.8, 4) is 6.07 Å². The molecule has 0 saturated carbocycles. The maximum Gasteiger partial charge on any atom is 0.302 e. The lowest BCUT2D eigenvalue weighted by molar-refractivity contribution is -0.675. The smallest absolute Gasteiger partial charge is 0.302 e. The van der Waals surface area contributed by atoms with Gasteiger partial charge in [0.05, 0.1) is 18.2 Å². The number of carbonyl (C=O) groups excluding carboxylic acids is 1. The van der Waals surface area contributed by atoms with Crippen molar-refractivity contribution in [2.75, 3.05) is 6.61 Å². The van der Waals surface area contributed by atoms with E-state index in [0.717, 1.165) is 23.4 Å². The average molecular weight is 352 g/mol. The number of nitriles is 1. The number of imidazole rings is 1. The fourth-order valence-corrected chi connectivity index (χ4v) is 2.49. The van der Waals surface area contributed by atoms with Gasteiger partial charge in [-0.15, -0.1) is 0 Å². The number of carbonyl (C=O) groups is 1. The minimum absolute atomic E-state index is 0. The summed E-state index contributed by atoms with van der Waals surface area (Å²) in [5.41, 5.74) is 2.72. The minimum atomic E-state index is -0.278. The highest BCUT2D eigenvalue weighted by Crippen LogP contribution is 2.16. The Labute approximate surface area is 134 Å². The van der Waals surface area contributed by atoms with Gasteiger partial charge in [0.15, 0.2) is 11.0 Å².